The molecule has 0 bridgehead atoms. The Morgan fingerprint density at radius 1 is 0.226 bits per heavy atom. The van der Waals surface area contributed by atoms with E-state index in [1.54, 1.807) is 0 Å². The van der Waals surface area contributed by atoms with Crippen molar-refractivity contribution in [1.82, 2.24) is 0 Å². The predicted octanol–water partition coefficient (Wildman–Crippen LogP) is -20.2. The van der Waals surface area contributed by atoms with Crippen LogP contribution in [0.4, 0.5) is 0 Å². The van der Waals surface area contributed by atoms with E-state index in [2.05, 4.69) is 0 Å². The lowest BCUT2D eigenvalue weighted by molar-refractivity contribution is 3.18. The molecule has 0 unspecified atom stereocenters. The lowest BCUT2D eigenvalue weighted by atomic mass is 8.24. The Labute approximate surface area is 372 Å². The first-order valence-corrected chi connectivity index (χ1v) is 17.3. The molecule has 161 valence electrons. The third-order valence-electron chi connectivity index (χ3n) is 10.9. The second kappa shape index (κ2) is 26.0. The monoisotopic (exact) mass is 583 g/mol. The molecule has 57 radical (unpaired) electrons. The van der Waals surface area contributed by atoms with E-state index in [0.29, 0.717) is 0 Å². The van der Waals surface area contributed by atoms with Gasteiger partial charge in [0.25, 0.3) is 0 Å². The third-order valence-corrected chi connectivity index (χ3v) is 10.9. The van der Waals surface area contributed by atoms with Crippen LogP contribution in [0.2, 0.25) is 0 Å². The fourth-order valence-electron chi connectivity index (χ4n) is 8.98. The van der Waals surface area contributed by atoms with E-state index < -0.39 is 160 Å². The van der Waals surface area contributed by atoms with E-state index in [1.807, 2.05) is 0 Å². The van der Waals surface area contributed by atoms with Crippen molar-refractivity contribution in [2.75, 3.05) is 0 Å². The van der Waals surface area contributed by atoms with Gasteiger partial charge in [-0.2, -0.15) is 0 Å². The van der Waals surface area contributed by atoms with Gasteiger partial charge in [-0.15, -0.1) is 0 Å². The largest absolute Gasteiger partial charge is 0.690 e. The SMILES string of the molecule is [B]B([B])B(B([B])[B])B(B([B][B-])B([B])[B-])B(B(B([B])[B])B([B])[B])B(B(B(B([B])[B])B([B])[B])B(B([B])[B])B([B])[B])B(B(B([B])[B])B([B])[B])B(B([B])[B])B([B])[B]. The highest BCUT2D eigenvalue weighted by Crippen LogP contribution is 2.22. The minimum Gasteiger partial charge on any atom is -0.690 e. The first-order valence-electron chi connectivity index (χ1n) is 17.3. The second-order valence-corrected chi connectivity index (χ2v) is 14.6. The molecule has 0 aromatic heterocycles. The molecule has 0 saturated carbocycles. The van der Waals surface area contributed by atoms with Crippen molar-refractivity contribution in [3.05, 3.63) is 0 Å². The van der Waals surface area contributed by atoms with Crippen molar-refractivity contribution >= 4 is 376 Å². The molecule has 53 heavy (non-hydrogen) atoms. The Morgan fingerprint density at radius 2 is 0.358 bits per heavy atom. The maximum Gasteiger partial charge on any atom is -0.000000000000000147 e. The highest BCUT2D eigenvalue weighted by Gasteiger charge is 2.60. The Morgan fingerprint density at radius 3 is 0.491 bits per heavy atom. The molecule has 0 aromatic rings. The first-order chi connectivity index (χ1) is 24.1. The number of hydrogen-bond donors (Lipinski definition) is 0. The lowest BCUT2D eigenvalue weighted by Gasteiger charge is -2.59. The summed E-state index contributed by atoms with van der Waals surface area (Å²) in [5.41, 5.74) is 0. The minimum absolute atomic E-state index is 1.11. The lowest BCUT2D eigenvalue weighted by Crippen LogP contribution is -2.95. The summed E-state index contributed by atoms with van der Waals surface area (Å²) in [6, 6.07) is 0. The van der Waals surface area contributed by atoms with E-state index in [1.165, 1.54) is 7.06 Å². The van der Waals surface area contributed by atoms with E-state index in [-0.39, 0.29) is 0 Å². The van der Waals surface area contributed by atoms with E-state index in [9.17, 15) is 0 Å². The van der Waals surface area contributed by atoms with Gasteiger partial charge in [0.05, 0.1) is 0 Å². The van der Waals surface area contributed by atoms with Gasteiger partial charge in [0.2, 0.25) is 0 Å². The van der Waals surface area contributed by atoms with Crippen molar-refractivity contribution in [1.29, 1.82) is 0 Å². The molecule has 0 aliphatic heterocycles. The number of rotatable bonds is 25. The van der Waals surface area contributed by atoms with Crippen LogP contribution in [0.5, 0.6) is 0 Å². The van der Waals surface area contributed by atoms with Crippen LogP contribution in [0.15, 0.2) is 0 Å². The zero-order valence-corrected chi connectivity index (χ0v) is 30.6. The van der Waals surface area contributed by atoms with E-state index >= 15 is 0 Å². The van der Waals surface area contributed by atoms with Gasteiger partial charge in [-0.3, -0.25) is 7.06 Å². The summed E-state index contributed by atoms with van der Waals surface area (Å²) < 4.78 is 0. The summed E-state index contributed by atoms with van der Waals surface area (Å²) in [5, 5.41) is 0. The van der Waals surface area contributed by atoms with E-state index in [4.69, 9.17) is 209 Å². The fourth-order valence-corrected chi connectivity index (χ4v) is 8.98. The van der Waals surface area contributed by atoms with Gasteiger partial charge in [-0.1, -0.05) is 6.39 Å². The summed E-state index contributed by atoms with van der Waals surface area (Å²) in [5.74, 6) is 0. The van der Waals surface area contributed by atoms with Gasteiger partial charge in [0.15, 0.2) is 0 Å². The molecule has 0 aliphatic carbocycles. The zero-order valence-electron chi connectivity index (χ0n) is 30.6. The zero-order chi connectivity index (χ0) is 42.1. The maximum atomic E-state index is 6.56. The summed E-state index contributed by atoms with van der Waals surface area (Å²) in [6.45, 7) is 0. The van der Waals surface area contributed by atoms with Crippen molar-refractivity contribution in [2.24, 2.45) is 0 Å². The summed E-state index contributed by atoms with van der Waals surface area (Å²) >= 11 is 0. The van der Waals surface area contributed by atoms with Crippen LogP contribution in [0, 0.1) is 0 Å². The van der Waals surface area contributed by atoms with Crippen molar-refractivity contribution < 1.29 is 0 Å². The molecule has 0 N–H and O–H groups in total. The molecule has 0 saturated heterocycles. The van der Waals surface area contributed by atoms with Gasteiger partial charge in [-0.05, 0) is 340 Å². The average Bonchev–Trinajstić information content (AvgIpc) is 2.93. The standard InChI is InChI=1S/B53/c1-28-42(29(2)3)49(43(30(4)5)31(6)7)52(48(40(24)25)41(26)27)53(50(44(32(8)9)33(10)11)45(34(12)13)35(14)15)51(46(36(16)17)37(18)19)47(38(20)21)39(22)23/q-2. The highest BCUT2D eigenvalue weighted by atomic mass is 13.4. The van der Waals surface area contributed by atoms with E-state index in [0.717, 1.165) is 0 Å². The molecule has 0 fully saturated rings. The Kier molecular flexibility index (Phi) is 27.7. The van der Waals surface area contributed by atoms with Crippen LogP contribution in [0.25, 0.3) is 0 Å². The van der Waals surface area contributed by atoms with Crippen LogP contribution < -0.4 is 0 Å². The molecule has 0 amide bonds. The van der Waals surface area contributed by atoms with Gasteiger partial charge >= 0.3 is 0 Å². The van der Waals surface area contributed by atoms with Crippen LogP contribution in [0.1, 0.15) is 0 Å². The van der Waals surface area contributed by atoms with Crippen molar-refractivity contribution in [2.45, 2.75) is 0 Å². The van der Waals surface area contributed by atoms with Gasteiger partial charge in [-0.25, -0.2) is 6.39 Å². The first kappa shape index (κ1) is 56.4. The Balaban J connectivity index is 9.85. The normalized spacial score (nSPS) is 9.70. The molecular formula is B53-2. The molecule has 0 aliphatic rings. The molecule has 0 rings (SSSR count). The molecule has 0 aromatic carbocycles. The average molecular weight is 573 g/mol. The topological polar surface area (TPSA) is 0 Å². The predicted molar refractivity (Wildman–Crippen MR) is 305 cm³/mol. The molecule has 0 heterocycles. The van der Waals surface area contributed by atoms with Crippen LogP contribution >= 0.6 is 0 Å². The van der Waals surface area contributed by atoms with Crippen molar-refractivity contribution in [3.63, 3.8) is 0 Å². The Hall–Kier alpha value is 3.44. The molecule has 0 spiro atoms. The van der Waals surface area contributed by atoms with Gasteiger partial charge in [0.1, 0.15) is 0 Å². The van der Waals surface area contributed by atoms with Crippen molar-refractivity contribution in [3.8, 4) is 0 Å². The second-order valence-electron chi connectivity index (χ2n) is 14.6. The summed E-state index contributed by atoms with van der Waals surface area (Å²) in [6.07, 6.45) is -32.6. The quantitative estimate of drug-likeness (QED) is 0.0954. The highest BCUT2D eigenvalue weighted by molar-refractivity contribution is 8.36. The summed E-state index contributed by atoms with van der Waals surface area (Å²) in [4.78, 5) is 0. The summed E-state index contributed by atoms with van der Waals surface area (Å²) in [7, 11) is 176. The maximum absolute atomic E-state index is 6.56. The molecular weight excluding hydrogens is 573 g/mol. The minimum atomic E-state index is -1.40. The molecule has 0 nitrogen and oxygen atoms in total. The fraction of sp³-hybridized carbons (Fsp3) is 0. The molecule has 53 heteroatoms. The molecule has 0 atom stereocenters. The van der Waals surface area contributed by atoms with Gasteiger partial charge < -0.3 is 15.5 Å². The van der Waals surface area contributed by atoms with Crippen LogP contribution in [0.3, 0.4) is 0 Å². The third kappa shape index (κ3) is 15.4. The Bertz CT molecular complexity index is 792. The van der Waals surface area contributed by atoms with Crippen LogP contribution in [-0.2, 0) is 0 Å². The number of hydrogen-bond acceptors (Lipinski definition) is 0. The van der Waals surface area contributed by atoms with Gasteiger partial charge in [0, 0.05) is 0 Å². The smallest absolute Gasteiger partial charge is 0.000000000000000147 e. The van der Waals surface area contributed by atoms with Crippen LogP contribution in [-0.4, -0.2) is 376 Å².